The largest absolute Gasteiger partial charge is 0.489 e. The number of nitrogens with two attached hydrogens (primary N) is 1. The molecule has 0 amide bonds. The van der Waals surface area contributed by atoms with E-state index in [-0.39, 0.29) is 6.10 Å². The van der Waals surface area contributed by atoms with E-state index < -0.39 is 12.0 Å². The van der Waals surface area contributed by atoms with E-state index in [9.17, 15) is 4.79 Å². The zero-order valence-electron chi connectivity index (χ0n) is 8.68. The van der Waals surface area contributed by atoms with E-state index in [1.807, 2.05) is 13.8 Å². The lowest BCUT2D eigenvalue weighted by molar-refractivity contribution is -0.138. The van der Waals surface area contributed by atoms with Crippen LogP contribution < -0.4 is 10.5 Å². The first kappa shape index (κ1) is 11.5. The topological polar surface area (TPSA) is 85.4 Å². The highest BCUT2D eigenvalue weighted by Crippen LogP contribution is 2.17. The molecule has 1 heterocycles. The molecule has 1 aromatic rings. The molecule has 1 atom stereocenters. The molecule has 0 fully saturated rings. The number of carboxylic acid groups (broad SMARTS) is 1. The minimum absolute atomic E-state index is 0.0168. The summed E-state index contributed by atoms with van der Waals surface area (Å²) in [4.78, 5) is 14.5. The second-order valence-corrected chi connectivity index (χ2v) is 3.44. The third-order valence-corrected chi connectivity index (χ3v) is 1.73. The summed E-state index contributed by atoms with van der Waals surface area (Å²) in [5.41, 5.74) is 5.87. The van der Waals surface area contributed by atoms with Crippen molar-refractivity contribution in [2.24, 2.45) is 5.73 Å². The SMILES string of the molecule is CC(C)Oc1cncc(C(N)C(=O)O)c1. The molecule has 82 valence electrons. The van der Waals surface area contributed by atoms with E-state index in [1.54, 1.807) is 6.07 Å². The summed E-state index contributed by atoms with van der Waals surface area (Å²) in [6, 6.07) is 0.527. The Morgan fingerprint density at radius 3 is 2.73 bits per heavy atom. The van der Waals surface area contributed by atoms with Crippen LogP contribution in [0.5, 0.6) is 5.75 Å². The number of hydrogen-bond donors (Lipinski definition) is 2. The third-order valence-electron chi connectivity index (χ3n) is 1.73. The smallest absolute Gasteiger partial charge is 0.325 e. The van der Waals surface area contributed by atoms with Crippen LogP contribution in [0.2, 0.25) is 0 Å². The molecule has 0 aliphatic carbocycles. The molecular formula is C10H14N2O3. The number of carboxylic acids is 1. The second-order valence-electron chi connectivity index (χ2n) is 3.44. The van der Waals surface area contributed by atoms with E-state index in [0.29, 0.717) is 11.3 Å². The minimum Gasteiger partial charge on any atom is -0.489 e. The van der Waals surface area contributed by atoms with Crippen molar-refractivity contribution in [1.82, 2.24) is 4.98 Å². The van der Waals surface area contributed by atoms with Gasteiger partial charge < -0.3 is 15.6 Å². The van der Waals surface area contributed by atoms with Gasteiger partial charge in [-0.25, -0.2) is 0 Å². The highest BCUT2D eigenvalue weighted by molar-refractivity contribution is 5.75. The molecule has 0 aromatic carbocycles. The van der Waals surface area contributed by atoms with Gasteiger partial charge in [-0.2, -0.15) is 0 Å². The van der Waals surface area contributed by atoms with Crippen molar-refractivity contribution in [3.05, 3.63) is 24.0 Å². The van der Waals surface area contributed by atoms with E-state index >= 15 is 0 Å². The van der Waals surface area contributed by atoms with Gasteiger partial charge in [0.25, 0.3) is 0 Å². The summed E-state index contributed by atoms with van der Waals surface area (Å²) in [6.45, 7) is 3.76. The molecule has 0 radical (unpaired) electrons. The fourth-order valence-corrected chi connectivity index (χ4v) is 1.08. The summed E-state index contributed by atoms with van der Waals surface area (Å²) in [5, 5.41) is 8.71. The number of pyridine rings is 1. The van der Waals surface area contributed by atoms with Gasteiger partial charge in [0.05, 0.1) is 12.3 Å². The molecule has 0 saturated heterocycles. The molecule has 15 heavy (non-hydrogen) atoms. The fraction of sp³-hybridized carbons (Fsp3) is 0.400. The Morgan fingerprint density at radius 1 is 1.53 bits per heavy atom. The van der Waals surface area contributed by atoms with Gasteiger partial charge in [-0.3, -0.25) is 9.78 Å². The summed E-state index contributed by atoms with van der Waals surface area (Å²) < 4.78 is 5.37. The molecule has 3 N–H and O–H groups in total. The average molecular weight is 210 g/mol. The number of nitrogens with zero attached hydrogens (tertiary/aromatic N) is 1. The van der Waals surface area contributed by atoms with Crippen molar-refractivity contribution >= 4 is 5.97 Å². The van der Waals surface area contributed by atoms with Crippen molar-refractivity contribution in [2.45, 2.75) is 26.0 Å². The van der Waals surface area contributed by atoms with Crippen molar-refractivity contribution < 1.29 is 14.6 Å². The standard InChI is InChI=1S/C10H14N2O3/c1-6(2)15-8-3-7(4-12-5-8)9(11)10(13)14/h3-6,9H,11H2,1-2H3,(H,13,14). The molecule has 0 spiro atoms. The molecule has 5 heteroatoms. The Labute approximate surface area is 87.9 Å². The van der Waals surface area contributed by atoms with Gasteiger partial charge in [0.1, 0.15) is 11.8 Å². The van der Waals surface area contributed by atoms with Gasteiger partial charge in [0, 0.05) is 11.8 Å². The predicted octanol–water partition coefficient (Wildman–Crippen LogP) is 0.953. The molecule has 0 saturated carbocycles. The summed E-state index contributed by atoms with van der Waals surface area (Å²) in [5.74, 6) is -0.558. The van der Waals surface area contributed by atoms with E-state index in [1.165, 1.54) is 12.4 Å². The molecule has 0 aliphatic rings. The minimum atomic E-state index is -1.08. The Hall–Kier alpha value is -1.62. The van der Waals surface area contributed by atoms with Crippen LogP contribution in [0.4, 0.5) is 0 Å². The number of aromatic nitrogens is 1. The maximum Gasteiger partial charge on any atom is 0.325 e. The molecule has 5 nitrogen and oxygen atoms in total. The van der Waals surface area contributed by atoms with Crippen LogP contribution in [0.1, 0.15) is 25.5 Å². The van der Waals surface area contributed by atoms with Crippen LogP contribution in [0.15, 0.2) is 18.5 Å². The number of carbonyl (C=O) groups is 1. The van der Waals surface area contributed by atoms with Crippen LogP contribution in [-0.2, 0) is 4.79 Å². The molecule has 0 bridgehead atoms. The zero-order chi connectivity index (χ0) is 11.4. The molecule has 1 rings (SSSR count). The van der Waals surface area contributed by atoms with Gasteiger partial charge in [-0.1, -0.05) is 0 Å². The monoisotopic (exact) mass is 210 g/mol. The maximum absolute atomic E-state index is 10.6. The van der Waals surface area contributed by atoms with Crippen molar-refractivity contribution in [3.8, 4) is 5.75 Å². The van der Waals surface area contributed by atoms with Crippen molar-refractivity contribution in [1.29, 1.82) is 0 Å². The average Bonchev–Trinajstić information content (AvgIpc) is 2.16. The number of aliphatic carboxylic acids is 1. The summed E-state index contributed by atoms with van der Waals surface area (Å²) >= 11 is 0. The van der Waals surface area contributed by atoms with Crippen LogP contribution in [-0.4, -0.2) is 22.2 Å². The van der Waals surface area contributed by atoms with E-state index in [0.717, 1.165) is 0 Å². The lowest BCUT2D eigenvalue weighted by Crippen LogP contribution is -2.21. The maximum atomic E-state index is 10.6. The van der Waals surface area contributed by atoms with Gasteiger partial charge in [-0.15, -0.1) is 0 Å². The molecule has 1 unspecified atom stereocenters. The van der Waals surface area contributed by atoms with Crippen LogP contribution in [0.3, 0.4) is 0 Å². The lowest BCUT2D eigenvalue weighted by Gasteiger charge is -2.11. The number of hydrogen-bond acceptors (Lipinski definition) is 4. The quantitative estimate of drug-likeness (QED) is 0.772. The number of ether oxygens (including phenoxy) is 1. The van der Waals surface area contributed by atoms with E-state index in [4.69, 9.17) is 15.6 Å². The Bertz CT molecular complexity index is 352. The molecule has 0 aliphatic heterocycles. The van der Waals surface area contributed by atoms with Crippen LogP contribution in [0.25, 0.3) is 0 Å². The highest BCUT2D eigenvalue weighted by atomic mass is 16.5. The van der Waals surface area contributed by atoms with Crippen LogP contribution in [0, 0.1) is 0 Å². The first-order valence-corrected chi connectivity index (χ1v) is 4.60. The Balaban J connectivity index is 2.87. The van der Waals surface area contributed by atoms with E-state index in [2.05, 4.69) is 4.98 Å². The Morgan fingerprint density at radius 2 is 2.20 bits per heavy atom. The Kier molecular flexibility index (Phi) is 3.62. The predicted molar refractivity (Wildman–Crippen MR) is 54.6 cm³/mol. The molecule has 1 aromatic heterocycles. The van der Waals surface area contributed by atoms with Gasteiger partial charge in [0.15, 0.2) is 0 Å². The normalized spacial score (nSPS) is 12.5. The zero-order valence-corrected chi connectivity index (χ0v) is 8.68. The van der Waals surface area contributed by atoms with Gasteiger partial charge in [0.2, 0.25) is 0 Å². The second kappa shape index (κ2) is 4.75. The van der Waals surface area contributed by atoms with Crippen molar-refractivity contribution in [2.75, 3.05) is 0 Å². The van der Waals surface area contributed by atoms with Gasteiger partial charge in [-0.05, 0) is 19.9 Å². The first-order chi connectivity index (χ1) is 7.00. The first-order valence-electron chi connectivity index (χ1n) is 4.60. The lowest BCUT2D eigenvalue weighted by atomic mass is 10.1. The fourth-order valence-electron chi connectivity index (χ4n) is 1.08. The third kappa shape index (κ3) is 3.21. The summed E-state index contributed by atoms with van der Waals surface area (Å²) in [7, 11) is 0. The highest BCUT2D eigenvalue weighted by Gasteiger charge is 2.15. The van der Waals surface area contributed by atoms with Gasteiger partial charge >= 0.3 is 5.97 Å². The van der Waals surface area contributed by atoms with Crippen LogP contribution >= 0.6 is 0 Å². The van der Waals surface area contributed by atoms with Crippen molar-refractivity contribution in [3.63, 3.8) is 0 Å². The molecular weight excluding hydrogens is 196 g/mol. The summed E-state index contributed by atoms with van der Waals surface area (Å²) in [6.07, 6.45) is 2.97. The number of rotatable bonds is 4.